The van der Waals surface area contributed by atoms with Gasteiger partial charge in [-0.05, 0) is 31.6 Å². The quantitative estimate of drug-likeness (QED) is 0.766. The minimum atomic E-state index is -2.83. The number of nitrogens with zero attached hydrogens (tertiary/aromatic N) is 2. The van der Waals surface area contributed by atoms with Gasteiger partial charge < -0.3 is 0 Å². The fraction of sp³-hybridized carbons (Fsp3) is 0.750. The molecule has 7 heteroatoms. The van der Waals surface area contributed by atoms with Crippen LogP contribution in [0.2, 0.25) is 5.15 Å². The summed E-state index contributed by atoms with van der Waals surface area (Å²) in [6.07, 6.45) is 1.54. The highest BCUT2D eigenvalue weighted by molar-refractivity contribution is 9.09. The minimum Gasteiger partial charge on any atom is -0.257 e. The highest BCUT2D eigenvalue weighted by atomic mass is 79.9. The van der Waals surface area contributed by atoms with E-state index in [0.29, 0.717) is 16.7 Å². The van der Waals surface area contributed by atoms with E-state index < -0.39 is 9.84 Å². The van der Waals surface area contributed by atoms with Gasteiger partial charge in [0.15, 0.2) is 9.84 Å². The van der Waals surface area contributed by atoms with Crippen LogP contribution >= 0.6 is 27.5 Å². The molecule has 0 amide bonds. The molecule has 0 aliphatic carbocycles. The van der Waals surface area contributed by atoms with Crippen molar-refractivity contribution in [1.29, 1.82) is 0 Å². The Bertz CT molecular complexity index is 571. The predicted octanol–water partition coefficient (Wildman–Crippen LogP) is 2.37. The molecule has 1 fully saturated rings. The lowest BCUT2D eigenvalue weighted by Gasteiger charge is -2.20. The number of aryl methyl sites for hydroxylation is 2. The van der Waals surface area contributed by atoms with Crippen LogP contribution in [-0.4, -0.2) is 35.0 Å². The van der Waals surface area contributed by atoms with Gasteiger partial charge in [-0.3, -0.25) is 4.68 Å². The Hall–Kier alpha value is -0.0700. The lowest BCUT2D eigenvalue weighted by molar-refractivity contribution is 0.401. The minimum absolute atomic E-state index is 0.222. The Morgan fingerprint density at radius 3 is 2.68 bits per heavy atom. The second-order valence-electron chi connectivity index (χ2n) is 5.26. The van der Waals surface area contributed by atoms with Crippen LogP contribution in [0.4, 0.5) is 0 Å². The van der Waals surface area contributed by atoms with Gasteiger partial charge in [0.2, 0.25) is 0 Å². The Labute approximate surface area is 127 Å². The van der Waals surface area contributed by atoms with E-state index in [1.807, 2.05) is 14.0 Å². The topological polar surface area (TPSA) is 52.0 Å². The van der Waals surface area contributed by atoms with Crippen LogP contribution in [0.25, 0.3) is 0 Å². The number of rotatable bonds is 4. The molecule has 0 bridgehead atoms. The molecule has 2 atom stereocenters. The maximum atomic E-state index is 11.6. The molecule has 2 heterocycles. The summed E-state index contributed by atoms with van der Waals surface area (Å²) in [4.78, 5) is 0. The van der Waals surface area contributed by atoms with Gasteiger partial charge in [-0.15, -0.1) is 0 Å². The van der Waals surface area contributed by atoms with Crippen LogP contribution < -0.4 is 0 Å². The third kappa shape index (κ3) is 3.34. The molecule has 1 aliphatic rings. The highest BCUT2D eigenvalue weighted by Gasteiger charge is 2.34. The summed E-state index contributed by atoms with van der Waals surface area (Å²) < 4.78 is 24.9. The van der Waals surface area contributed by atoms with Crippen LogP contribution in [0.1, 0.15) is 17.7 Å². The van der Waals surface area contributed by atoms with E-state index in [1.165, 1.54) is 0 Å². The summed E-state index contributed by atoms with van der Waals surface area (Å²) in [7, 11) is -1.01. The number of sulfone groups is 1. The number of alkyl halides is 1. The molecule has 1 aromatic rings. The zero-order valence-electron chi connectivity index (χ0n) is 11.1. The number of hydrogen-bond donors (Lipinski definition) is 0. The average Bonchev–Trinajstić information content (AvgIpc) is 2.79. The molecule has 0 saturated carbocycles. The first-order valence-corrected chi connectivity index (χ1v) is 9.60. The Balaban J connectivity index is 2.16. The first-order chi connectivity index (χ1) is 8.84. The molecule has 1 saturated heterocycles. The molecular weight excluding hydrogens is 352 g/mol. The summed E-state index contributed by atoms with van der Waals surface area (Å²) in [5, 5.41) is 5.75. The van der Waals surface area contributed by atoms with E-state index in [4.69, 9.17) is 11.6 Å². The van der Waals surface area contributed by atoms with Gasteiger partial charge in [0, 0.05) is 17.9 Å². The Kier molecular flexibility index (Phi) is 4.63. The molecule has 0 aromatic carbocycles. The summed E-state index contributed by atoms with van der Waals surface area (Å²) >= 11 is 9.76. The van der Waals surface area contributed by atoms with Crippen molar-refractivity contribution in [1.82, 2.24) is 9.78 Å². The summed E-state index contributed by atoms with van der Waals surface area (Å²) in [5.74, 6) is 1.14. The molecule has 1 aromatic heterocycles. The van der Waals surface area contributed by atoms with Crippen molar-refractivity contribution in [3.63, 3.8) is 0 Å². The van der Waals surface area contributed by atoms with E-state index in [9.17, 15) is 8.42 Å². The van der Waals surface area contributed by atoms with E-state index >= 15 is 0 Å². The van der Waals surface area contributed by atoms with Crippen molar-refractivity contribution in [2.24, 2.45) is 18.9 Å². The van der Waals surface area contributed by atoms with Gasteiger partial charge in [-0.25, -0.2) is 8.42 Å². The van der Waals surface area contributed by atoms with Crippen molar-refractivity contribution in [2.45, 2.75) is 19.8 Å². The second-order valence-corrected chi connectivity index (χ2v) is 8.49. The summed E-state index contributed by atoms with van der Waals surface area (Å²) in [5.41, 5.74) is 1.97. The molecule has 0 radical (unpaired) electrons. The zero-order chi connectivity index (χ0) is 14.2. The standard InChI is InChI=1S/C12H18BrClN2O2S/c1-8-11(12(14)16(2)15-8)5-10(6-13)9-3-4-19(17,18)7-9/h9-10H,3-7H2,1-2H3. The van der Waals surface area contributed by atoms with Gasteiger partial charge >= 0.3 is 0 Å². The van der Waals surface area contributed by atoms with Crippen molar-refractivity contribution >= 4 is 37.4 Å². The maximum Gasteiger partial charge on any atom is 0.150 e. The smallest absolute Gasteiger partial charge is 0.150 e. The predicted molar refractivity (Wildman–Crippen MR) is 80.7 cm³/mol. The molecule has 4 nitrogen and oxygen atoms in total. The molecule has 2 rings (SSSR count). The zero-order valence-corrected chi connectivity index (χ0v) is 14.2. The van der Waals surface area contributed by atoms with Gasteiger partial charge in [0.25, 0.3) is 0 Å². The summed E-state index contributed by atoms with van der Waals surface area (Å²) in [6.45, 7) is 1.94. The Morgan fingerprint density at radius 1 is 1.58 bits per heavy atom. The van der Waals surface area contributed by atoms with Crippen molar-refractivity contribution in [2.75, 3.05) is 16.8 Å². The molecule has 108 valence electrons. The largest absolute Gasteiger partial charge is 0.257 e. The van der Waals surface area contributed by atoms with Crippen LogP contribution in [-0.2, 0) is 23.3 Å². The fourth-order valence-electron chi connectivity index (χ4n) is 2.71. The van der Waals surface area contributed by atoms with Crippen molar-refractivity contribution in [3.8, 4) is 0 Å². The van der Waals surface area contributed by atoms with Crippen molar-refractivity contribution < 1.29 is 8.42 Å². The molecule has 0 N–H and O–H groups in total. The second kappa shape index (κ2) is 5.74. The van der Waals surface area contributed by atoms with Crippen molar-refractivity contribution in [3.05, 3.63) is 16.4 Å². The van der Waals surface area contributed by atoms with Gasteiger partial charge in [-0.1, -0.05) is 27.5 Å². The number of halogens is 2. The molecule has 2 unspecified atom stereocenters. The molecule has 1 aliphatic heterocycles. The first kappa shape index (κ1) is 15.3. The maximum absolute atomic E-state index is 11.6. The first-order valence-electron chi connectivity index (χ1n) is 6.28. The monoisotopic (exact) mass is 368 g/mol. The third-order valence-electron chi connectivity index (χ3n) is 3.87. The van der Waals surface area contributed by atoms with E-state index in [1.54, 1.807) is 4.68 Å². The Morgan fingerprint density at radius 2 is 2.26 bits per heavy atom. The van der Waals surface area contributed by atoms with Crippen LogP contribution in [0, 0.1) is 18.8 Å². The van der Waals surface area contributed by atoms with E-state index in [2.05, 4.69) is 21.0 Å². The van der Waals surface area contributed by atoms with E-state index in [0.717, 1.165) is 29.4 Å². The molecular formula is C12H18BrClN2O2S. The SMILES string of the molecule is Cc1nn(C)c(Cl)c1CC(CBr)C1CCS(=O)(=O)C1. The van der Waals surface area contributed by atoms with Crippen LogP contribution in [0.5, 0.6) is 0 Å². The van der Waals surface area contributed by atoms with Gasteiger partial charge in [0.1, 0.15) is 5.15 Å². The van der Waals surface area contributed by atoms with Crippen LogP contribution in [0.15, 0.2) is 0 Å². The lowest BCUT2D eigenvalue weighted by Crippen LogP contribution is -2.20. The number of aromatic nitrogens is 2. The van der Waals surface area contributed by atoms with Gasteiger partial charge in [-0.2, -0.15) is 5.10 Å². The summed E-state index contributed by atoms with van der Waals surface area (Å²) in [6, 6.07) is 0. The van der Waals surface area contributed by atoms with Crippen LogP contribution in [0.3, 0.4) is 0 Å². The number of hydrogen-bond acceptors (Lipinski definition) is 3. The molecule has 19 heavy (non-hydrogen) atoms. The van der Waals surface area contributed by atoms with E-state index in [-0.39, 0.29) is 11.8 Å². The molecule has 0 spiro atoms. The fourth-order valence-corrected chi connectivity index (χ4v) is 5.64. The highest BCUT2D eigenvalue weighted by Crippen LogP contribution is 2.32. The average molecular weight is 370 g/mol. The third-order valence-corrected chi connectivity index (χ3v) is 6.97. The normalized spacial score (nSPS) is 23.7. The lowest BCUT2D eigenvalue weighted by atomic mass is 9.88. The van der Waals surface area contributed by atoms with Gasteiger partial charge in [0.05, 0.1) is 17.2 Å².